The van der Waals surface area contributed by atoms with Crippen LogP contribution >= 0.6 is 0 Å². The molecule has 44 heavy (non-hydrogen) atoms. The van der Waals surface area contributed by atoms with Crippen molar-refractivity contribution in [1.82, 2.24) is 0 Å². The average molecular weight is 609 g/mol. The molecule has 0 amide bonds. The first-order valence-corrected chi connectivity index (χ1v) is 16.8. The van der Waals surface area contributed by atoms with Gasteiger partial charge in [0.15, 0.2) is 5.79 Å². The molecule has 3 rings (SSSR count). The third-order valence-corrected chi connectivity index (χ3v) is 8.79. The van der Waals surface area contributed by atoms with E-state index in [1.807, 2.05) is 32.0 Å². The van der Waals surface area contributed by atoms with E-state index in [4.69, 9.17) is 23.7 Å². The molecule has 0 aromatic heterocycles. The van der Waals surface area contributed by atoms with Crippen LogP contribution in [0.2, 0.25) is 0 Å². The third kappa shape index (κ3) is 12.7. The van der Waals surface area contributed by atoms with E-state index >= 15 is 0 Å². The van der Waals surface area contributed by atoms with Crippen molar-refractivity contribution in [3.05, 3.63) is 77.4 Å². The summed E-state index contributed by atoms with van der Waals surface area (Å²) >= 11 is 0. The molecule has 1 fully saturated rings. The van der Waals surface area contributed by atoms with Crippen molar-refractivity contribution < 1.29 is 23.7 Å². The second-order valence-electron chi connectivity index (χ2n) is 14.1. The SMILES string of the molecule is COc1ccc(COC[C@H](C)[C@H]2OC(C)(C)O[C@H](CC[C@H](C)/C=C(\C)C[C@@H](C)C[C@H](C)COCc3ccccc3)[C@@H]2C)cc1. The van der Waals surface area contributed by atoms with Gasteiger partial charge in [-0.25, -0.2) is 0 Å². The lowest BCUT2D eigenvalue weighted by Crippen LogP contribution is -2.52. The molecular formula is C39H60O5. The van der Waals surface area contributed by atoms with Crippen LogP contribution in [0.15, 0.2) is 66.2 Å². The van der Waals surface area contributed by atoms with Gasteiger partial charge < -0.3 is 23.7 Å². The first kappa shape index (κ1) is 36.3. The highest BCUT2D eigenvalue weighted by Crippen LogP contribution is 2.37. The summed E-state index contributed by atoms with van der Waals surface area (Å²) in [6, 6.07) is 18.5. The molecule has 1 aliphatic rings. The van der Waals surface area contributed by atoms with Crippen LogP contribution in [0.3, 0.4) is 0 Å². The Morgan fingerprint density at radius 3 is 2.16 bits per heavy atom. The van der Waals surface area contributed by atoms with Gasteiger partial charge in [0, 0.05) is 18.4 Å². The maximum absolute atomic E-state index is 6.48. The molecule has 2 aromatic rings. The molecular weight excluding hydrogens is 548 g/mol. The molecule has 0 spiro atoms. The third-order valence-electron chi connectivity index (χ3n) is 8.79. The van der Waals surface area contributed by atoms with Crippen molar-refractivity contribution in [2.75, 3.05) is 20.3 Å². The van der Waals surface area contributed by atoms with Gasteiger partial charge in [-0.1, -0.05) is 88.7 Å². The number of rotatable bonds is 18. The number of methoxy groups -OCH3 is 1. The highest BCUT2D eigenvalue weighted by Gasteiger charge is 2.42. The van der Waals surface area contributed by atoms with Gasteiger partial charge in [0.1, 0.15) is 5.75 Å². The van der Waals surface area contributed by atoms with Crippen molar-refractivity contribution in [3.63, 3.8) is 0 Å². The monoisotopic (exact) mass is 608 g/mol. The van der Waals surface area contributed by atoms with E-state index in [0.29, 0.717) is 43.5 Å². The minimum atomic E-state index is -0.599. The molecule has 1 aliphatic heterocycles. The van der Waals surface area contributed by atoms with Gasteiger partial charge in [-0.05, 0) is 87.5 Å². The molecule has 1 heterocycles. The number of hydrogen-bond donors (Lipinski definition) is 0. The fourth-order valence-electron chi connectivity index (χ4n) is 6.69. The predicted octanol–water partition coefficient (Wildman–Crippen LogP) is 9.64. The molecule has 7 atom stereocenters. The minimum Gasteiger partial charge on any atom is -0.497 e. The Labute approximate surface area is 268 Å². The highest BCUT2D eigenvalue weighted by atomic mass is 16.7. The fourth-order valence-corrected chi connectivity index (χ4v) is 6.69. The van der Waals surface area contributed by atoms with Gasteiger partial charge in [0.05, 0.1) is 39.1 Å². The van der Waals surface area contributed by atoms with Gasteiger partial charge in [-0.2, -0.15) is 0 Å². The molecule has 0 unspecified atom stereocenters. The smallest absolute Gasteiger partial charge is 0.163 e. The van der Waals surface area contributed by atoms with Crippen molar-refractivity contribution in [2.24, 2.45) is 29.6 Å². The molecule has 5 heteroatoms. The molecule has 0 radical (unpaired) electrons. The summed E-state index contributed by atoms with van der Waals surface area (Å²) < 4.78 is 30.3. The Kier molecular flexibility index (Phi) is 14.9. The molecule has 0 saturated carbocycles. The lowest BCUT2D eigenvalue weighted by atomic mass is 9.84. The number of benzene rings is 2. The lowest BCUT2D eigenvalue weighted by molar-refractivity contribution is -0.329. The van der Waals surface area contributed by atoms with Crippen molar-refractivity contribution in [2.45, 2.75) is 112 Å². The van der Waals surface area contributed by atoms with Gasteiger partial charge >= 0.3 is 0 Å². The second kappa shape index (κ2) is 18.1. The zero-order valence-electron chi connectivity index (χ0n) is 29.0. The molecule has 5 nitrogen and oxygen atoms in total. The standard InChI is InChI=1S/C39H60O5/c1-28(21-29(2)22-30(3)23-31(4)24-41-26-34-13-11-10-12-14-34)15-20-37-33(6)38(44-39(7,8)43-37)32(5)25-42-27-35-16-18-36(40-9)19-17-35/h10-14,16-19,21,28,30-33,37-38H,15,20,22-27H2,1-9H3/b29-21+/t28-,30+,31-,32-,33-,37+,38+/m0/s1. The normalized spacial score (nSPS) is 23.1. The second-order valence-corrected chi connectivity index (χ2v) is 14.1. The summed E-state index contributed by atoms with van der Waals surface area (Å²) in [5.74, 6) is 2.53. The van der Waals surface area contributed by atoms with Crippen LogP contribution in [-0.2, 0) is 32.2 Å². The summed E-state index contributed by atoms with van der Waals surface area (Å²) in [4.78, 5) is 0. The molecule has 1 saturated heterocycles. The summed E-state index contributed by atoms with van der Waals surface area (Å²) in [5.41, 5.74) is 3.87. The maximum Gasteiger partial charge on any atom is 0.163 e. The number of ether oxygens (including phenoxy) is 5. The highest BCUT2D eigenvalue weighted by molar-refractivity contribution is 5.26. The van der Waals surface area contributed by atoms with Gasteiger partial charge in [-0.15, -0.1) is 0 Å². The van der Waals surface area contributed by atoms with Gasteiger partial charge in [-0.3, -0.25) is 0 Å². The zero-order valence-corrected chi connectivity index (χ0v) is 29.0. The van der Waals surface area contributed by atoms with E-state index < -0.39 is 5.79 Å². The first-order chi connectivity index (χ1) is 21.0. The van der Waals surface area contributed by atoms with Crippen LogP contribution in [0, 0.1) is 29.6 Å². The van der Waals surface area contributed by atoms with E-state index in [1.54, 1.807) is 7.11 Å². The van der Waals surface area contributed by atoms with E-state index in [-0.39, 0.29) is 18.1 Å². The summed E-state index contributed by atoms with van der Waals surface area (Å²) in [7, 11) is 1.68. The Hall–Kier alpha value is -2.18. The summed E-state index contributed by atoms with van der Waals surface area (Å²) in [5, 5.41) is 0. The van der Waals surface area contributed by atoms with Gasteiger partial charge in [0.2, 0.25) is 0 Å². The van der Waals surface area contributed by atoms with Crippen LogP contribution in [-0.4, -0.2) is 38.3 Å². The van der Waals surface area contributed by atoms with Crippen LogP contribution in [0.1, 0.15) is 92.2 Å². The van der Waals surface area contributed by atoms with E-state index in [1.165, 1.54) is 17.6 Å². The van der Waals surface area contributed by atoms with Crippen molar-refractivity contribution >= 4 is 0 Å². The zero-order chi connectivity index (χ0) is 32.1. The Morgan fingerprint density at radius 2 is 1.50 bits per heavy atom. The fraction of sp³-hybridized carbons (Fsp3) is 0.641. The predicted molar refractivity (Wildman–Crippen MR) is 181 cm³/mol. The number of allylic oxidation sites excluding steroid dienone is 2. The Balaban J connectivity index is 1.41. The Morgan fingerprint density at radius 1 is 0.864 bits per heavy atom. The van der Waals surface area contributed by atoms with Crippen LogP contribution in [0.4, 0.5) is 0 Å². The van der Waals surface area contributed by atoms with Crippen molar-refractivity contribution in [1.29, 1.82) is 0 Å². The molecule has 0 bridgehead atoms. The van der Waals surface area contributed by atoms with E-state index in [2.05, 4.69) is 84.0 Å². The molecule has 2 aromatic carbocycles. The lowest BCUT2D eigenvalue weighted by Gasteiger charge is -2.47. The Bertz CT molecular complexity index is 1100. The number of hydrogen-bond acceptors (Lipinski definition) is 5. The summed E-state index contributed by atoms with van der Waals surface area (Å²) in [6.45, 7) is 20.7. The van der Waals surface area contributed by atoms with Crippen LogP contribution in [0.5, 0.6) is 5.75 Å². The van der Waals surface area contributed by atoms with E-state index in [0.717, 1.165) is 37.2 Å². The van der Waals surface area contributed by atoms with E-state index in [9.17, 15) is 0 Å². The summed E-state index contributed by atoms with van der Waals surface area (Å²) in [6.07, 6.45) is 7.19. The first-order valence-electron chi connectivity index (χ1n) is 16.8. The topological polar surface area (TPSA) is 46.2 Å². The van der Waals surface area contributed by atoms with Crippen LogP contribution < -0.4 is 4.74 Å². The quantitative estimate of drug-likeness (QED) is 0.158. The van der Waals surface area contributed by atoms with Crippen molar-refractivity contribution in [3.8, 4) is 5.75 Å². The molecule has 246 valence electrons. The average Bonchev–Trinajstić information content (AvgIpc) is 2.98. The molecule has 0 N–H and O–H groups in total. The van der Waals surface area contributed by atoms with Gasteiger partial charge in [0.25, 0.3) is 0 Å². The largest absolute Gasteiger partial charge is 0.497 e. The minimum absolute atomic E-state index is 0.0895. The van der Waals surface area contributed by atoms with Crippen LogP contribution in [0.25, 0.3) is 0 Å². The molecule has 0 aliphatic carbocycles. The maximum atomic E-state index is 6.48.